The van der Waals surface area contributed by atoms with Crippen LogP contribution in [0.3, 0.4) is 0 Å². The van der Waals surface area contributed by atoms with Gasteiger partial charge in [0.1, 0.15) is 5.75 Å². The van der Waals surface area contributed by atoms with Crippen molar-refractivity contribution in [3.05, 3.63) is 48.9 Å². The normalized spacial score (nSPS) is 10.8. The molecule has 3 aromatic rings. The van der Waals surface area contributed by atoms with E-state index in [1.54, 1.807) is 30.1 Å². The number of hydrogen-bond acceptors (Lipinski definition) is 6. The molecular weight excluding hydrogens is 318 g/mol. The van der Waals surface area contributed by atoms with Crippen molar-refractivity contribution in [1.29, 1.82) is 0 Å². The predicted molar refractivity (Wildman–Crippen MR) is 94.7 cm³/mol. The van der Waals surface area contributed by atoms with E-state index in [0.717, 1.165) is 23.4 Å². The van der Waals surface area contributed by atoms with Gasteiger partial charge in [0.2, 0.25) is 5.65 Å². The second kappa shape index (κ2) is 7.29. The lowest BCUT2D eigenvalue weighted by molar-refractivity contribution is 0.313. The summed E-state index contributed by atoms with van der Waals surface area (Å²) < 4.78 is 12.9. The summed E-state index contributed by atoms with van der Waals surface area (Å²) in [5, 5.41) is 4.60. The molecule has 0 amide bonds. The molecule has 0 fully saturated rings. The zero-order valence-electron chi connectivity index (χ0n) is 14.6. The van der Waals surface area contributed by atoms with E-state index in [1.165, 1.54) is 0 Å². The monoisotopic (exact) mass is 338 g/mol. The molecule has 3 aromatic heterocycles. The quantitative estimate of drug-likeness (QED) is 0.487. The maximum absolute atomic E-state index is 5.80. The van der Waals surface area contributed by atoms with E-state index in [0.29, 0.717) is 29.7 Å². The third-order valence-corrected chi connectivity index (χ3v) is 3.71. The summed E-state index contributed by atoms with van der Waals surface area (Å²) in [5.41, 5.74) is 3.04. The summed E-state index contributed by atoms with van der Waals surface area (Å²) in [6, 6.07) is 1.89. The van der Waals surface area contributed by atoms with Crippen molar-refractivity contribution in [3.8, 4) is 23.0 Å². The van der Waals surface area contributed by atoms with E-state index >= 15 is 0 Å². The van der Waals surface area contributed by atoms with E-state index in [-0.39, 0.29) is 0 Å². The molecule has 0 aliphatic carbocycles. The van der Waals surface area contributed by atoms with Gasteiger partial charge in [-0.1, -0.05) is 13.0 Å². The lowest BCUT2D eigenvalue weighted by atomic mass is 10.1. The van der Waals surface area contributed by atoms with Gasteiger partial charge >= 0.3 is 0 Å². The fraction of sp³-hybridized carbons (Fsp3) is 0.278. The van der Waals surface area contributed by atoms with E-state index < -0.39 is 0 Å². The number of aryl methyl sites for hydroxylation is 1. The second-order valence-corrected chi connectivity index (χ2v) is 5.40. The Morgan fingerprint density at radius 3 is 2.84 bits per heavy atom. The van der Waals surface area contributed by atoms with Gasteiger partial charge in [0.15, 0.2) is 5.82 Å². The number of hydrogen-bond donors (Lipinski definition) is 0. The first-order valence-electron chi connectivity index (χ1n) is 7.97. The number of methoxy groups -OCH3 is 1. The SMILES string of the molecule is C=CCCOc1nc(-c2cc([CH]C)ncc2OC)nn2c(C)cnc12. The highest BCUT2D eigenvalue weighted by Gasteiger charge is 2.17. The van der Waals surface area contributed by atoms with Crippen LogP contribution >= 0.6 is 0 Å². The number of imidazole rings is 1. The minimum atomic E-state index is 0.431. The molecule has 3 heterocycles. The van der Waals surface area contributed by atoms with Crippen LogP contribution in [-0.2, 0) is 0 Å². The zero-order valence-corrected chi connectivity index (χ0v) is 14.6. The molecule has 0 N–H and O–H groups in total. The zero-order chi connectivity index (χ0) is 17.8. The van der Waals surface area contributed by atoms with Crippen LogP contribution in [0.15, 0.2) is 31.1 Å². The molecule has 0 aliphatic heterocycles. The smallest absolute Gasteiger partial charge is 0.261 e. The molecule has 3 rings (SSSR count). The largest absolute Gasteiger partial charge is 0.494 e. The molecule has 0 saturated carbocycles. The van der Waals surface area contributed by atoms with Crippen LogP contribution in [0.4, 0.5) is 0 Å². The first kappa shape index (κ1) is 16.9. The first-order valence-corrected chi connectivity index (χ1v) is 7.97. The lowest BCUT2D eigenvalue weighted by Crippen LogP contribution is -2.07. The summed E-state index contributed by atoms with van der Waals surface area (Å²) in [6.45, 7) is 8.03. The van der Waals surface area contributed by atoms with E-state index in [1.807, 2.05) is 26.3 Å². The fourth-order valence-electron chi connectivity index (χ4n) is 2.37. The molecular formula is C18H20N5O2. The van der Waals surface area contributed by atoms with Gasteiger partial charge in [0.25, 0.3) is 5.88 Å². The molecule has 0 aliphatic rings. The van der Waals surface area contributed by atoms with Crippen molar-refractivity contribution in [2.45, 2.75) is 20.3 Å². The van der Waals surface area contributed by atoms with Crippen molar-refractivity contribution >= 4 is 5.65 Å². The first-order chi connectivity index (χ1) is 12.2. The molecule has 0 aromatic carbocycles. The maximum atomic E-state index is 5.80. The van der Waals surface area contributed by atoms with Crippen LogP contribution in [0.25, 0.3) is 17.0 Å². The molecule has 25 heavy (non-hydrogen) atoms. The van der Waals surface area contributed by atoms with Gasteiger partial charge in [0, 0.05) is 12.1 Å². The number of rotatable bonds is 7. The molecule has 0 spiro atoms. The Morgan fingerprint density at radius 1 is 1.28 bits per heavy atom. The van der Waals surface area contributed by atoms with Gasteiger partial charge in [-0.2, -0.15) is 4.98 Å². The molecule has 1 radical (unpaired) electrons. The number of fused-ring (bicyclic) bond motifs is 1. The Morgan fingerprint density at radius 2 is 2.12 bits per heavy atom. The summed E-state index contributed by atoms with van der Waals surface area (Å²) in [5.74, 6) is 1.52. The van der Waals surface area contributed by atoms with Gasteiger partial charge in [0.05, 0.1) is 37.4 Å². The highest BCUT2D eigenvalue weighted by Crippen LogP contribution is 2.30. The topological polar surface area (TPSA) is 74.4 Å². The Labute approximate surface area is 146 Å². The number of ether oxygens (including phenoxy) is 2. The number of pyridine rings is 1. The van der Waals surface area contributed by atoms with Crippen molar-refractivity contribution in [3.63, 3.8) is 0 Å². The third kappa shape index (κ3) is 3.31. The summed E-state index contributed by atoms with van der Waals surface area (Å²) in [6.07, 6.45) is 7.83. The molecule has 7 heteroatoms. The van der Waals surface area contributed by atoms with Crippen LogP contribution in [0.5, 0.6) is 11.6 Å². The second-order valence-electron chi connectivity index (χ2n) is 5.40. The Kier molecular flexibility index (Phi) is 4.92. The Bertz CT molecular complexity index is 904. The van der Waals surface area contributed by atoms with E-state index in [4.69, 9.17) is 9.47 Å². The Balaban J connectivity index is 2.16. The van der Waals surface area contributed by atoms with Crippen LogP contribution < -0.4 is 9.47 Å². The van der Waals surface area contributed by atoms with E-state index in [2.05, 4.69) is 26.6 Å². The van der Waals surface area contributed by atoms with Crippen LogP contribution in [0, 0.1) is 13.3 Å². The summed E-state index contributed by atoms with van der Waals surface area (Å²) in [4.78, 5) is 13.2. The fourth-order valence-corrected chi connectivity index (χ4v) is 2.37. The summed E-state index contributed by atoms with van der Waals surface area (Å²) >= 11 is 0. The number of nitrogens with zero attached hydrogens (tertiary/aromatic N) is 5. The van der Waals surface area contributed by atoms with Crippen LogP contribution in [0.1, 0.15) is 24.7 Å². The Hall–Kier alpha value is -2.96. The maximum Gasteiger partial charge on any atom is 0.261 e. The van der Waals surface area contributed by atoms with Crippen molar-refractivity contribution in [2.24, 2.45) is 0 Å². The standard InChI is InChI=1S/C18H20N5O2/c1-5-7-8-25-18-17-20-10-12(3)23(17)22-16(21-18)14-9-13(6-2)19-11-15(14)24-4/h5-6,9-11H,1,7-8H2,2-4H3. The highest BCUT2D eigenvalue weighted by atomic mass is 16.5. The predicted octanol–water partition coefficient (Wildman–Crippen LogP) is 3.03. The van der Waals surface area contributed by atoms with E-state index in [9.17, 15) is 0 Å². The molecule has 0 atom stereocenters. The average Bonchev–Trinajstić information content (AvgIpc) is 3.02. The van der Waals surface area contributed by atoms with Crippen molar-refractivity contribution in [2.75, 3.05) is 13.7 Å². The molecule has 0 bridgehead atoms. The highest BCUT2D eigenvalue weighted by molar-refractivity contribution is 5.66. The third-order valence-electron chi connectivity index (χ3n) is 3.71. The molecule has 0 unspecified atom stereocenters. The molecule has 0 saturated heterocycles. The van der Waals surface area contributed by atoms with Crippen LogP contribution in [0.2, 0.25) is 0 Å². The minimum absolute atomic E-state index is 0.431. The van der Waals surface area contributed by atoms with Gasteiger partial charge in [-0.15, -0.1) is 11.7 Å². The van der Waals surface area contributed by atoms with Gasteiger partial charge < -0.3 is 9.47 Å². The van der Waals surface area contributed by atoms with Gasteiger partial charge in [-0.3, -0.25) is 4.98 Å². The van der Waals surface area contributed by atoms with Crippen LogP contribution in [-0.4, -0.2) is 38.3 Å². The van der Waals surface area contributed by atoms with Gasteiger partial charge in [-0.05, 0) is 19.4 Å². The van der Waals surface area contributed by atoms with Gasteiger partial charge in [-0.25, -0.2) is 9.50 Å². The number of aromatic nitrogens is 5. The molecule has 129 valence electrons. The minimum Gasteiger partial charge on any atom is -0.494 e. The van der Waals surface area contributed by atoms with Crippen molar-refractivity contribution in [1.82, 2.24) is 24.6 Å². The lowest BCUT2D eigenvalue weighted by Gasteiger charge is -2.11. The van der Waals surface area contributed by atoms with Crippen molar-refractivity contribution < 1.29 is 9.47 Å². The summed E-state index contributed by atoms with van der Waals surface area (Å²) in [7, 11) is 1.60. The molecule has 7 nitrogen and oxygen atoms in total. The average molecular weight is 338 g/mol.